The van der Waals surface area contributed by atoms with Crippen LogP contribution in [0.3, 0.4) is 0 Å². The van der Waals surface area contributed by atoms with Gasteiger partial charge in [0.1, 0.15) is 54.4 Å². The third kappa shape index (κ3) is 20.1. The molecule has 1 fully saturated rings. The summed E-state index contributed by atoms with van der Waals surface area (Å²) in [4.78, 5) is 150. The summed E-state index contributed by atoms with van der Waals surface area (Å²) >= 11 is 0. The molecule has 0 aliphatic carbocycles. The molecule has 1 aromatic heterocycles. The average Bonchev–Trinajstić information content (AvgIpc) is 3.88. The van der Waals surface area contributed by atoms with E-state index in [1.54, 1.807) is 44.2 Å². The molecule has 1 aliphatic rings. The lowest BCUT2D eigenvalue weighted by Crippen LogP contribution is -2.61. The molecule has 0 spiro atoms. The van der Waals surface area contributed by atoms with E-state index in [0.717, 1.165) is 19.1 Å². The highest BCUT2D eigenvalue weighted by atomic mass is 16.4. The Kier molecular flexibility index (Phi) is 26.0. The van der Waals surface area contributed by atoms with Gasteiger partial charge in [0.2, 0.25) is 53.2 Å². The first-order valence-electron chi connectivity index (χ1n) is 25.0. The highest BCUT2D eigenvalue weighted by Gasteiger charge is 2.37. The second-order valence-electron chi connectivity index (χ2n) is 18.7. The number of furan rings is 1. The van der Waals surface area contributed by atoms with Crippen LogP contribution < -0.4 is 76.1 Å². The maximum Gasteiger partial charge on any atom is 0.287 e. The van der Waals surface area contributed by atoms with Crippen molar-refractivity contribution in [2.24, 2.45) is 28.9 Å². The van der Waals surface area contributed by atoms with E-state index in [0.29, 0.717) is 5.56 Å². The van der Waals surface area contributed by atoms with Crippen LogP contribution in [0.15, 0.2) is 46.9 Å². The molecule has 0 unspecified atom stereocenters. The van der Waals surface area contributed by atoms with Gasteiger partial charge in [0.25, 0.3) is 11.8 Å². The van der Waals surface area contributed by atoms with Crippen molar-refractivity contribution in [3.05, 3.63) is 59.5 Å². The van der Waals surface area contributed by atoms with Crippen LogP contribution in [-0.2, 0) is 49.6 Å². The van der Waals surface area contributed by atoms with Gasteiger partial charge in [-0.05, 0) is 89.2 Å². The van der Waals surface area contributed by atoms with E-state index in [1.165, 1.54) is 6.92 Å². The Hall–Kier alpha value is -7.57. The standard InChI is InChI=1S/C48H74N14O15/c1-23(2)20-31-43(71)56-27(12-16-49)39(67)55-29(14-18-51)42(70)61-36(24(3)64)47(75)53-19-15-30(41(69)54-28(13-17-50)40(68)59-32(44(72)58-31)21-26-8-6-5-7-9-26)57-45(73)33(22-63)60-48(76)37(25(4)65)62-46(74)35-11-10-34(77-35)38(52)66/h5-11,23-25,27-33,36-37,63-65H,12-22,49-51H2,1-4H3,(H2,52,66)(H,53,75)(H,54,69)(H,55,67)(H,56,71)(H,57,73)(H,58,72)(H,59,68)(H,60,76)(H,61,70)(H,62,74)/t24-,25-,27+,28+,29+,30+,31+,32-,33-,36+,37+/m1/s1. The fourth-order valence-corrected chi connectivity index (χ4v) is 7.75. The topological polar surface area (TPSA) is 486 Å². The highest BCUT2D eigenvalue weighted by Crippen LogP contribution is 2.12. The molecule has 29 heteroatoms. The summed E-state index contributed by atoms with van der Waals surface area (Å²) in [5, 5.41) is 55.8. The van der Waals surface area contributed by atoms with Gasteiger partial charge in [-0.3, -0.25) is 52.7 Å². The number of aliphatic hydroxyl groups excluding tert-OH is 3. The van der Waals surface area contributed by atoms with Crippen molar-refractivity contribution in [3.63, 3.8) is 0 Å². The SMILES string of the molecule is CC(C)C[C@@H]1NC(=O)[C@@H](Cc2ccccc2)NC(=O)[C@H](CCN)NC(=O)[C@@H](NC(=O)[C@@H](CO)NC(=O)[C@@H](NC(=O)c2ccc(C(N)=O)o2)[C@@H](C)O)CCNC(=O)[C@H]([C@@H](C)O)NC(=O)[C@H](CCN)NC(=O)[C@H](CCN)NC1=O. The van der Waals surface area contributed by atoms with E-state index in [9.17, 15) is 68.1 Å². The lowest BCUT2D eigenvalue weighted by molar-refractivity contribution is -0.136. The van der Waals surface area contributed by atoms with E-state index in [2.05, 4.69) is 53.2 Å². The van der Waals surface area contributed by atoms with Crippen molar-refractivity contribution in [1.29, 1.82) is 0 Å². The summed E-state index contributed by atoms with van der Waals surface area (Å²) in [6.45, 7) is 3.67. The summed E-state index contributed by atoms with van der Waals surface area (Å²) in [5.41, 5.74) is 23.3. The maximum atomic E-state index is 14.3. The molecule has 0 radical (unpaired) electrons. The minimum Gasteiger partial charge on any atom is -0.446 e. The maximum absolute atomic E-state index is 14.3. The smallest absolute Gasteiger partial charge is 0.287 e. The van der Waals surface area contributed by atoms with E-state index in [1.807, 2.05) is 0 Å². The average molecular weight is 1090 g/mol. The van der Waals surface area contributed by atoms with Crippen LogP contribution in [0.5, 0.6) is 0 Å². The fourth-order valence-electron chi connectivity index (χ4n) is 7.75. The molecule has 2 aromatic rings. The summed E-state index contributed by atoms with van der Waals surface area (Å²) < 4.78 is 5.07. The normalized spacial score (nSPS) is 23.2. The van der Waals surface area contributed by atoms with Crippen molar-refractivity contribution in [1.82, 2.24) is 53.2 Å². The highest BCUT2D eigenvalue weighted by molar-refractivity contribution is 6.00. The number of nitrogens with one attached hydrogen (secondary N) is 10. The molecule has 1 saturated heterocycles. The zero-order chi connectivity index (χ0) is 57.5. The van der Waals surface area contributed by atoms with Crippen LogP contribution in [0.2, 0.25) is 0 Å². The van der Waals surface area contributed by atoms with Gasteiger partial charge >= 0.3 is 0 Å². The molecule has 0 bridgehead atoms. The third-order valence-electron chi connectivity index (χ3n) is 11.9. The van der Waals surface area contributed by atoms with Crippen molar-refractivity contribution in [2.75, 3.05) is 32.8 Å². The molecule has 77 heavy (non-hydrogen) atoms. The van der Waals surface area contributed by atoms with Crippen molar-refractivity contribution < 1.29 is 72.5 Å². The van der Waals surface area contributed by atoms with Gasteiger partial charge in [0.05, 0.1) is 18.8 Å². The molecule has 29 nitrogen and oxygen atoms in total. The predicted octanol–water partition coefficient (Wildman–Crippen LogP) is -7.04. The van der Waals surface area contributed by atoms with Crippen LogP contribution in [0, 0.1) is 5.92 Å². The number of hydrogen-bond donors (Lipinski definition) is 17. The number of primary amides is 1. The lowest BCUT2D eigenvalue weighted by Gasteiger charge is -2.28. The lowest BCUT2D eigenvalue weighted by atomic mass is 10.00. The van der Waals surface area contributed by atoms with E-state index in [4.69, 9.17) is 27.4 Å². The van der Waals surface area contributed by atoms with Gasteiger partial charge in [0, 0.05) is 13.0 Å². The van der Waals surface area contributed by atoms with Gasteiger partial charge in [-0.15, -0.1) is 0 Å². The molecule has 0 saturated carbocycles. The molecule has 1 aromatic carbocycles. The number of carbonyl (C=O) groups excluding carboxylic acids is 11. The Morgan fingerprint density at radius 1 is 0.636 bits per heavy atom. The Balaban J connectivity index is 2.09. The first kappa shape index (κ1) is 63.7. The molecule has 426 valence electrons. The largest absolute Gasteiger partial charge is 0.446 e. The molecule has 11 amide bonds. The van der Waals surface area contributed by atoms with Gasteiger partial charge < -0.3 is 95.8 Å². The summed E-state index contributed by atoms with van der Waals surface area (Å²) in [7, 11) is 0. The summed E-state index contributed by atoms with van der Waals surface area (Å²) in [6, 6.07) is -3.63. The van der Waals surface area contributed by atoms with Gasteiger partial charge in [-0.2, -0.15) is 0 Å². The zero-order valence-corrected chi connectivity index (χ0v) is 43.3. The predicted molar refractivity (Wildman–Crippen MR) is 273 cm³/mol. The monoisotopic (exact) mass is 1090 g/mol. The number of benzene rings is 1. The number of rotatable bonds is 20. The molecular formula is C48H74N14O15. The third-order valence-corrected chi connectivity index (χ3v) is 11.9. The molecule has 1 aliphatic heterocycles. The van der Waals surface area contributed by atoms with Crippen LogP contribution in [0.25, 0.3) is 0 Å². The first-order valence-corrected chi connectivity index (χ1v) is 25.0. The van der Waals surface area contributed by atoms with Crippen molar-refractivity contribution >= 4 is 65.0 Å². The van der Waals surface area contributed by atoms with Gasteiger partial charge in [-0.1, -0.05) is 44.2 Å². The van der Waals surface area contributed by atoms with E-state index in [-0.39, 0.29) is 57.7 Å². The molecule has 2 heterocycles. The number of amides is 11. The Morgan fingerprint density at radius 2 is 1.13 bits per heavy atom. The number of aliphatic hydroxyl groups is 3. The number of carbonyl (C=O) groups is 11. The quantitative estimate of drug-likeness (QED) is 0.0586. The van der Waals surface area contributed by atoms with Crippen LogP contribution in [0.4, 0.5) is 0 Å². The number of hydrogen-bond acceptors (Lipinski definition) is 18. The Morgan fingerprint density at radius 3 is 1.62 bits per heavy atom. The van der Waals surface area contributed by atoms with Crippen molar-refractivity contribution in [3.8, 4) is 0 Å². The van der Waals surface area contributed by atoms with Crippen LogP contribution in [0.1, 0.15) is 86.5 Å². The molecule has 3 rings (SSSR count). The van der Waals surface area contributed by atoms with Crippen molar-refractivity contribution in [2.45, 2.75) is 133 Å². The Labute approximate surface area is 443 Å². The minimum atomic E-state index is -1.91. The Bertz CT molecular complexity index is 2370. The van der Waals surface area contributed by atoms with Crippen LogP contribution in [-0.4, -0.2) is 180 Å². The van der Waals surface area contributed by atoms with E-state index < -0.39 is 163 Å². The van der Waals surface area contributed by atoms with E-state index >= 15 is 0 Å². The van der Waals surface area contributed by atoms with Crippen LogP contribution >= 0.6 is 0 Å². The summed E-state index contributed by atoms with van der Waals surface area (Å²) in [6.07, 6.45) is -4.45. The second kappa shape index (κ2) is 31.5. The summed E-state index contributed by atoms with van der Waals surface area (Å²) in [5.74, 6) is -12.2. The number of nitrogens with two attached hydrogens (primary N) is 4. The first-order chi connectivity index (χ1) is 36.4. The fraction of sp³-hybridized carbons (Fsp3) is 0.562. The zero-order valence-electron chi connectivity index (χ0n) is 43.3. The molecule has 11 atom stereocenters. The molecule has 21 N–H and O–H groups in total. The van der Waals surface area contributed by atoms with Gasteiger partial charge in [-0.25, -0.2) is 0 Å². The van der Waals surface area contributed by atoms with Gasteiger partial charge in [0.15, 0.2) is 11.5 Å². The molecular weight excluding hydrogens is 1010 g/mol. The second-order valence-corrected chi connectivity index (χ2v) is 18.7. The minimum absolute atomic E-state index is 0.0329.